The van der Waals surface area contributed by atoms with Crippen molar-refractivity contribution in [3.63, 3.8) is 0 Å². The molecule has 0 saturated carbocycles. The molecule has 2 aromatic rings. The van der Waals surface area contributed by atoms with Gasteiger partial charge in [0.1, 0.15) is 0 Å². The van der Waals surface area contributed by atoms with Crippen molar-refractivity contribution in [2.45, 2.75) is 12.8 Å². The summed E-state index contributed by atoms with van der Waals surface area (Å²) in [6.45, 7) is 2.22. The molecule has 1 saturated heterocycles. The Morgan fingerprint density at radius 2 is 2.29 bits per heavy atom. The molecule has 0 radical (unpaired) electrons. The van der Waals surface area contributed by atoms with E-state index in [9.17, 15) is 4.79 Å². The van der Waals surface area contributed by atoms with E-state index in [4.69, 9.17) is 4.74 Å². The lowest BCUT2D eigenvalue weighted by Crippen LogP contribution is -2.33. The lowest BCUT2D eigenvalue weighted by molar-refractivity contribution is 0.0536. The van der Waals surface area contributed by atoms with Crippen LogP contribution in [0.5, 0.6) is 0 Å². The fourth-order valence-electron chi connectivity index (χ4n) is 2.39. The maximum atomic E-state index is 12.1. The molecule has 1 N–H and O–H groups in total. The van der Waals surface area contributed by atoms with Crippen molar-refractivity contribution in [1.82, 2.24) is 20.1 Å². The van der Waals surface area contributed by atoms with E-state index in [2.05, 4.69) is 15.4 Å². The van der Waals surface area contributed by atoms with Gasteiger partial charge < -0.3 is 10.1 Å². The minimum absolute atomic E-state index is 0.0964. The lowest BCUT2D eigenvalue weighted by atomic mass is 10.0. The molecule has 6 heteroatoms. The second-order valence-corrected chi connectivity index (χ2v) is 5.17. The van der Waals surface area contributed by atoms with Crippen LogP contribution >= 0.6 is 0 Å². The van der Waals surface area contributed by atoms with Crippen LogP contribution in [0, 0.1) is 5.92 Å². The van der Waals surface area contributed by atoms with Crippen LogP contribution in [-0.2, 0) is 4.74 Å². The Kier molecular flexibility index (Phi) is 4.25. The van der Waals surface area contributed by atoms with Crippen LogP contribution in [0.25, 0.3) is 5.69 Å². The highest BCUT2D eigenvalue weighted by Crippen LogP contribution is 2.12. The molecule has 0 unspecified atom stereocenters. The molecule has 0 bridgehead atoms. The Hall–Kier alpha value is -2.21. The predicted octanol–water partition coefficient (Wildman–Crippen LogP) is 1.42. The third kappa shape index (κ3) is 3.46. The van der Waals surface area contributed by atoms with Crippen molar-refractivity contribution in [3.05, 3.63) is 42.5 Å². The summed E-state index contributed by atoms with van der Waals surface area (Å²) in [6, 6.07) is 3.68. The zero-order valence-corrected chi connectivity index (χ0v) is 11.7. The van der Waals surface area contributed by atoms with Crippen molar-refractivity contribution in [1.29, 1.82) is 0 Å². The fraction of sp³-hybridized carbons (Fsp3) is 0.400. The topological polar surface area (TPSA) is 69.0 Å². The van der Waals surface area contributed by atoms with Crippen molar-refractivity contribution in [3.8, 4) is 5.69 Å². The summed E-state index contributed by atoms with van der Waals surface area (Å²) in [5, 5.41) is 7.15. The van der Waals surface area contributed by atoms with Crippen molar-refractivity contribution in [2.75, 3.05) is 19.8 Å². The number of rotatable bonds is 4. The molecule has 1 amide bonds. The number of hydrogen-bond donors (Lipinski definition) is 1. The van der Waals surface area contributed by atoms with Crippen LogP contribution in [0.2, 0.25) is 0 Å². The largest absolute Gasteiger partial charge is 0.381 e. The Morgan fingerprint density at radius 3 is 3.05 bits per heavy atom. The number of pyridine rings is 1. The summed E-state index contributed by atoms with van der Waals surface area (Å²) in [6.07, 6.45) is 8.87. The molecule has 21 heavy (non-hydrogen) atoms. The second kappa shape index (κ2) is 6.49. The first-order chi connectivity index (χ1) is 10.3. The number of nitrogens with one attached hydrogen (secondary N) is 1. The van der Waals surface area contributed by atoms with Gasteiger partial charge >= 0.3 is 0 Å². The lowest BCUT2D eigenvalue weighted by Gasteiger charge is -2.21. The third-order valence-corrected chi connectivity index (χ3v) is 3.58. The minimum atomic E-state index is -0.0964. The molecule has 3 rings (SSSR count). The van der Waals surface area contributed by atoms with Gasteiger partial charge in [-0.1, -0.05) is 0 Å². The van der Waals surface area contributed by atoms with E-state index in [0.29, 0.717) is 18.0 Å². The molecular formula is C15H18N4O2. The van der Waals surface area contributed by atoms with Crippen LogP contribution in [0.3, 0.4) is 0 Å². The number of ether oxygens (including phenoxy) is 1. The number of carbonyl (C=O) groups is 1. The summed E-state index contributed by atoms with van der Waals surface area (Å²) in [5.74, 6) is 0.318. The normalized spacial score (nSPS) is 18.4. The molecule has 1 aliphatic rings. The Balaban J connectivity index is 1.59. The van der Waals surface area contributed by atoms with E-state index >= 15 is 0 Å². The van der Waals surface area contributed by atoms with E-state index in [0.717, 1.165) is 31.7 Å². The van der Waals surface area contributed by atoms with Crippen molar-refractivity contribution < 1.29 is 9.53 Å². The zero-order valence-electron chi connectivity index (χ0n) is 11.7. The summed E-state index contributed by atoms with van der Waals surface area (Å²) in [4.78, 5) is 16.1. The summed E-state index contributed by atoms with van der Waals surface area (Å²) >= 11 is 0. The van der Waals surface area contributed by atoms with Gasteiger partial charge in [-0.05, 0) is 30.9 Å². The van der Waals surface area contributed by atoms with Gasteiger partial charge in [-0.15, -0.1) is 0 Å². The maximum absolute atomic E-state index is 12.1. The fourth-order valence-corrected chi connectivity index (χ4v) is 2.39. The van der Waals surface area contributed by atoms with Crippen molar-refractivity contribution >= 4 is 5.91 Å². The summed E-state index contributed by atoms with van der Waals surface area (Å²) in [7, 11) is 0. The van der Waals surface area contributed by atoms with Gasteiger partial charge in [0.2, 0.25) is 0 Å². The predicted molar refractivity (Wildman–Crippen MR) is 77.2 cm³/mol. The average molecular weight is 286 g/mol. The molecule has 2 aromatic heterocycles. The summed E-state index contributed by atoms with van der Waals surface area (Å²) in [5.41, 5.74) is 1.44. The quantitative estimate of drug-likeness (QED) is 0.923. The number of carbonyl (C=O) groups excluding carboxylic acids is 1. The van der Waals surface area contributed by atoms with Crippen LogP contribution in [0.1, 0.15) is 23.2 Å². The SMILES string of the molecule is O=C(NC[C@H]1CCCOC1)c1cnn(-c2ccncc2)c1. The van der Waals surface area contributed by atoms with Gasteiger partial charge in [-0.3, -0.25) is 9.78 Å². The van der Waals surface area contributed by atoms with E-state index < -0.39 is 0 Å². The van der Waals surface area contributed by atoms with E-state index in [1.807, 2.05) is 12.1 Å². The number of aromatic nitrogens is 3. The van der Waals surface area contributed by atoms with Gasteiger partial charge in [-0.25, -0.2) is 4.68 Å². The molecule has 6 nitrogen and oxygen atoms in total. The average Bonchev–Trinajstić information content (AvgIpc) is 3.04. The van der Waals surface area contributed by atoms with Crippen LogP contribution in [0.4, 0.5) is 0 Å². The van der Waals surface area contributed by atoms with Crippen LogP contribution < -0.4 is 5.32 Å². The first-order valence-electron chi connectivity index (χ1n) is 7.14. The Bertz CT molecular complexity index is 591. The first kappa shape index (κ1) is 13.8. The molecule has 1 aliphatic heterocycles. The molecular weight excluding hydrogens is 268 g/mol. The zero-order chi connectivity index (χ0) is 14.5. The number of amides is 1. The molecule has 0 aliphatic carbocycles. The summed E-state index contributed by atoms with van der Waals surface area (Å²) < 4.78 is 7.08. The number of nitrogens with zero attached hydrogens (tertiary/aromatic N) is 3. The molecule has 1 atom stereocenters. The van der Waals surface area contributed by atoms with Gasteiger partial charge in [0.15, 0.2) is 0 Å². The van der Waals surface area contributed by atoms with Gasteiger partial charge in [0, 0.05) is 31.7 Å². The van der Waals surface area contributed by atoms with Gasteiger partial charge in [0.25, 0.3) is 5.91 Å². The minimum Gasteiger partial charge on any atom is -0.381 e. The highest BCUT2D eigenvalue weighted by atomic mass is 16.5. The highest BCUT2D eigenvalue weighted by Gasteiger charge is 2.16. The standard InChI is InChI=1S/C15H18N4O2/c20-15(17-8-12-2-1-7-21-11-12)13-9-18-19(10-13)14-3-5-16-6-4-14/h3-6,9-10,12H,1-2,7-8,11H2,(H,17,20)/t12-/m1/s1. The number of hydrogen-bond acceptors (Lipinski definition) is 4. The molecule has 3 heterocycles. The molecule has 0 spiro atoms. The highest BCUT2D eigenvalue weighted by molar-refractivity contribution is 5.93. The van der Waals surface area contributed by atoms with Gasteiger partial charge in [0.05, 0.1) is 24.1 Å². The monoisotopic (exact) mass is 286 g/mol. The maximum Gasteiger partial charge on any atom is 0.254 e. The molecule has 110 valence electrons. The molecule has 0 aromatic carbocycles. The van der Waals surface area contributed by atoms with Crippen molar-refractivity contribution in [2.24, 2.45) is 5.92 Å². The second-order valence-electron chi connectivity index (χ2n) is 5.17. The van der Waals surface area contributed by atoms with E-state index in [1.165, 1.54) is 0 Å². The Labute approximate surface area is 123 Å². The smallest absolute Gasteiger partial charge is 0.254 e. The van der Waals surface area contributed by atoms with Crippen LogP contribution in [-0.4, -0.2) is 40.4 Å². The van der Waals surface area contributed by atoms with Gasteiger partial charge in [-0.2, -0.15) is 5.10 Å². The molecule has 1 fully saturated rings. The van der Waals surface area contributed by atoms with E-state index in [1.54, 1.807) is 29.5 Å². The Morgan fingerprint density at radius 1 is 1.43 bits per heavy atom. The third-order valence-electron chi connectivity index (χ3n) is 3.58. The van der Waals surface area contributed by atoms with Crippen LogP contribution in [0.15, 0.2) is 36.9 Å². The first-order valence-corrected chi connectivity index (χ1v) is 7.14. The van der Waals surface area contributed by atoms with E-state index in [-0.39, 0.29) is 5.91 Å².